The number of phenols is 1. The molecular weight excluding hydrogens is 608 g/mol. The molecule has 0 saturated carbocycles. The number of nitrogens with one attached hydrogen (secondary N) is 1. The zero-order chi connectivity index (χ0) is 34.0. The third-order valence-corrected chi connectivity index (χ3v) is 8.57. The predicted molar refractivity (Wildman–Crippen MR) is 184 cm³/mol. The number of hydrogen-bond donors (Lipinski definition) is 4. The maximum atomic E-state index is 11.8. The molecule has 9 heteroatoms. The molecule has 1 aliphatic heterocycles. The van der Waals surface area contributed by atoms with Gasteiger partial charge in [0, 0.05) is 31.1 Å². The van der Waals surface area contributed by atoms with Gasteiger partial charge >= 0.3 is 6.09 Å². The smallest absolute Gasteiger partial charge is 0.407 e. The molecule has 1 amide bonds. The Hall–Kier alpha value is -4.51. The zero-order valence-corrected chi connectivity index (χ0v) is 27.4. The van der Waals surface area contributed by atoms with E-state index in [0.29, 0.717) is 25.2 Å². The summed E-state index contributed by atoms with van der Waals surface area (Å²) in [6, 6.07) is 30.5. The molecular formula is C39H44N2O7. The summed E-state index contributed by atoms with van der Waals surface area (Å²) in [5.41, 5.74) is 6.30. The lowest BCUT2D eigenvalue weighted by molar-refractivity contribution is -0.276. The first kappa shape index (κ1) is 34.8. The average Bonchev–Trinajstić information content (AvgIpc) is 3.11. The van der Waals surface area contributed by atoms with E-state index in [0.717, 1.165) is 33.4 Å². The number of rotatable bonds is 13. The highest BCUT2D eigenvalue weighted by Gasteiger charge is 2.39. The number of ether oxygens (including phenoxy) is 3. The van der Waals surface area contributed by atoms with Crippen molar-refractivity contribution >= 4 is 6.09 Å². The van der Waals surface area contributed by atoms with Crippen molar-refractivity contribution in [1.29, 1.82) is 0 Å². The van der Waals surface area contributed by atoms with Crippen LogP contribution in [0, 0.1) is 5.92 Å². The number of nitrogens with zero attached hydrogens (tertiary/aromatic N) is 1. The summed E-state index contributed by atoms with van der Waals surface area (Å²) in [5.74, 6) is 0.0944. The van der Waals surface area contributed by atoms with Crippen LogP contribution in [0.4, 0.5) is 4.79 Å². The van der Waals surface area contributed by atoms with Crippen molar-refractivity contribution in [3.8, 4) is 16.9 Å². The third kappa shape index (κ3) is 9.09. The van der Waals surface area contributed by atoms with Crippen LogP contribution < -0.4 is 5.32 Å². The number of amides is 1. The van der Waals surface area contributed by atoms with Gasteiger partial charge in [0.05, 0.1) is 24.9 Å². The quantitative estimate of drug-likeness (QED) is 0.122. The Kier molecular flexibility index (Phi) is 12.0. The van der Waals surface area contributed by atoms with Crippen LogP contribution in [0.5, 0.6) is 5.75 Å². The minimum Gasteiger partial charge on any atom is -0.508 e. The van der Waals surface area contributed by atoms with E-state index in [2.05, 4.69) is 18.8 Å². The molecule has 1 heterocycles. The summed E-state index contributed by atoms with van der Waals surface area (Å²) in [7, 11) is 1.94. The topological polar surface area (TPSA) is 121 Å². The lowest BCUT2D eigenvalue weighted by atomic mass is 9.90. The maximum absolute atomic E-state index is 11.8. The molecule has 0 spiro atoms. The number of aromatic hydroxyl groups is 1. The number of carbonyl (C=O) groups excluding carboxylic acids is 1. The number of aliphatic hydroxyl groups is 2. The van der Waals surface area contributed by atoms with Crippen LogP contribution >= 0.6 is 0 Å². The molecule has 0 radical (unpaired) electrons. The molecule has 1 aliphatic rings. The fourth-order valence-corrected chi connectivity index (χ4v) is 5.90. The van der Waals surface area contributed by atoms with Gasteiger partial charge < -0.3 is 39.7 Å². The minimum absolute atomic E-state index is 0.0220. The molecule has 4 aromatic rings. The van der Waals surface area contributed by atoms with E-state index in [1.807, 2.05) is 84.7 Å². The van der Waals surface area contributed by atoms with Crippen LogP contribution in [-0.2, 0) is 27.4 Å². The van der Waals surface area contributed by atoms with Crippen LogP contribution in [0.15, 0.2) is 110 Å². The van der Waals surface area contributed by atoms with Gasteiger partial charge in [0.25, 0.3) is 0 Å². The Morgan fingerprint density at radius 3 is 2.40 bits per heavy atom. The number of carbonyl (C=O) groups is 1. The van der Waals surface area contributed by atoms with Gasteiger partial charge in [-0.3, -0.25) is 0 Å². The highest BCUT2D eigenvalue weighted by Crippen LogP contribution is 2.42. The van der Waals surface area contributed by atoms with E-state index < -0.39 is 18.5 Å². The second kappa shape index (κ2) is 16.5. The van der Waals surface area contributed by atoms with Gasteiger partial charge in [0.1, 0.15) is 12.4 Å². The van der Waals surface area contributed by atoms with Crippen LogP contribution in [0.25, 0.3) is 11.1 Å². The van der Waals surface area contributed by atoms with Gasteiger partial charge in [-0.15, -0.1) is 0 Å². The van der Waals surface area contributed by atoms with Gasteiger partial charge in [0.2, 0.25) is 0 Å². The predicted octanol–water partition coefficient (Wildman–Crippen LogP) is 6.42. The number of alkyl carbamates (subject to hydrolysis) is 1. The standard InChI is InChI=1S/C39H44N2O7/c1-4-19-46-39(45)40-22-28-7-5-8-32(20-28)29-15-17-31(18-16-29)38-47-36(24-41(3)23-35(44)33-9-6-10-34(43)21-33)26(2)37(48-38)30-13-11-27(25-42)12-14-30/h4-18,20-21,26,35-38,42-44H,1,19,22-25H2,2-3H3,(H,40,45). The molecule has 1 saturated heterocycles. The second-order valence-electron chi connectivity index (χ2n) is 12.2. The Morgan fingerprint density at radius 1 is 0.958 bits per heavy atom. The number of aliphatic hydroxyl groups excluding tert-OH is 2. The summed E-state index contributed by atoms with van der Waals surface area (Å²) in [4.78, 5) is 13.9. The van der Waals surface area contributed by atoms with Gasteiger partial charge in [0.15, 0.2) is 6.29 Å². The number of phenolic OH excluding ortho intramolecular Hbond substituents is 1. The Labute approximate surface area is 282 Å². The van der Waals surface area contributed by atoms with Crippen LogP contribution in [0.2, 0.25) is 0 Å². The first-order valence-electron chi connectivity index (χ1n) is 16.1. The Balaban J connectivity index is 1.32. The molecule has 0 aromatic heterocycles. The summed E-state index contributed by atoms with van der Waals surface area (Å²) in [5, 5.41) is 33.1. The first-order chi connectivity index (χ1) is 23.2. The molecule has 5 atom stereocenters. The molecule has 0 bridgehead atoms. The second-order valence-corrected chi connectivity index (χ2v) is 12.2. The van der Waals surface area contributed by atoms with E-state index in [1.54, 1.807) is 24.3 Å². The zero-order valence-electron chi connectivity index (χ0n) is 27.4. The molecule has 9 nitrogen and oxygen atoms in total. The lowest BCUT2D eigenvalue weighted by Crippen LogP contribution is -2.44. The van der Waals surface area contributed by atoms with Crippen molar-refractivity contribution < 1.29 is 34.3 Å². The fourth-order valence-electron chi connectivity index (χ4n) is 5.90. The SMILES string of the molecule is C=CCOC(=O)NCc1cccc(-c2ccc(C3OC(CN(C)CC(O)c4cccc(O)c4)C(C)C(c4ccc(CO)cc4)O3)cc2)c1. The monoisotopic (exact) mass is 652 g/mol. The fraction of sp³-hybridized carbons (Fsp3) is 0.308. The molecule has 5 rings (SSSR count). The molecule has 1 fully saturated rings. The van der Waals surface area contributed by atoms with Gasteiger partial charge in [-0.1, -0.05) is 98.4 Å². The molecule has 48 heavy (non-hydrogen) atoms. The van der Waals surface area contributed by atoms with Crippen molar-refractivity contribution in [2.45, 2.75) is 44.7 Å². The van der Waals surface area contributed by atoms with Crippen LogP contribution in [0.3, 0.4) is 0 Å². The normalized spacial score (nSPS) is 19.9. The van der Waals surface area contributed by atoms with E-state index >= 15 is 0 Å². The summed E-state index contributed by atoms with van der Waals surface area (Å²) < 4.78 is 18.2. The molecule has 252 valence electrons. The number of hydrogen-bond acceptors (Lipinski definition) is 8. The van der Waals surface area contributed by atoms with E-state index in [4.69, 9.17) is 14.2 Å². The van der Waals surface area contributed by atoms with Crippen LogP contribution in [-0.4, -0.2) is 59.2 Å². The van der Waals surface area contributed by atoms with Gasteiger partial charge in [-0.25, -0.2) is 4.79 Å². The molecule has 4 aromatic carbocycles. The average molecular weight is 653 g/mol. The van der Waals surface area contributed by atoms with Crippen molar-refractivity contribution in [3.63, 3.8) is 0 Å². The summed E-state index contributed by atoms with van der Waals surface area (Å²) >= 11 is 0. The highest BCUT2D eigenvalue weighted by atomic mass is 16.7. The van der Waals surface area contributed by atoms with Crippen molar-refractivity contribution in [2.75, 3.05) is 26.7 Å². The molecule has 4 N–H and O–H groups in total. The third-order valence-electron chi connectivity index (χ3n) is 8.57. The van der Waals surface area contributed by atoms with E-state index in [-0.39, 0.29) is 37.1 Å². The molecule has 0 aliphatic carbocycles. The van der Waals surface area contributed by atoms with Gasteiger partial charge in [-0.05, 0) is 58.6 Å². The first-order valence-corrected chi connectivity index (χ1v) is 16.1. The maximum Gasteiger partial charge on any atom is 0.407 e. The largest absolute Gasteiger partial charge is 0.508 e. The van der Waals surface area contributed by atoms with E-state index in [9.17, 15) is 20.1 Å². The van der Waals surface area contributed by atoms with Crippen LogP contribution in [0.1, 0.15) is 53.2 Å². The molecule has 5 unspecified atom stereocenters. The summed E-state index contributed by atoms with van der Waals surface area (Å²) in [6.07, 6.45) is -0.880. The Morgan fingerprint density at radius 2 is 1.69 bits per heavy atom. The Bertz CT molecular complexity index is 1640. The van der Waals surface area contributed by atoms with Crippen molar-refractivity contribution in [1.82, 2.24) is 10.2 Å². The van der Waals surface area contributed by atoms with Crippen molar-refractivity contribution in [3.05, 3.63) is 138 Å². The number of benzene rings is 4. The highest BCUT2D eigenvalue weighted by molar-refractivity contribution is 5.68. The van der Waals surface area contributed by atoms with E-state index in [1.165, 1.54) is 6.08 Å². The lowest BCUT2D eigenvalue weighted by Gasteiger charge is -2.42. The minimum atomic E-state index is -0.775. The summed E-state index contributed by atoms with van der Waals surface area (Å²) in [6.45, 7) is 7.02. The number of likely N-dealkylation sites (N-methyl/N-ethyl adjacent to an activating group) is 1. The van der Waals surface area contributed by atoms with Gasteiger partial charge in [-0.2, -0.15) is 0 Å². The van der Waals surface area contributed by atoms with Crippen molar-refractivity contribution in [2.24, 2.45) is 5.92 Å².